The van der Waals surface area contributed by atoms with Crippen molar-refractivity contribution in [2.24, 2.45) is 0 Å². The Labute approximate surface area is 86.3 Å². The van der Waals surface area contributed by atoms with E-state index in [2.05, 4.69) is 33.9 Å². The van der Waals surface area contributed by atoms with Crippen molar-refractivity contribution < 1.29 is 0 Å². The summed E-state index contributed by atoms with van der Waals surface area (Å²) in [6.07, 6.45) is 0. The number of nitrogens with zero attached hydrogens (tertiary/aromatic N) is 1. The number of alkyl halides is 1. The van der Waals surface area contributed by atoms with Gasteiger partial charge in [-0.3, -0.25) is 0 Å². The molecule has 0 N–H and O–H groups in total. The lowest BCUT2D eigenvalue weighted by atomic mass is 10.0. The summed E-state index contributed by atoms with van der Waals surface area (Å²) in [5, 5.41) is 1.53. The molecule has 3 heteroatoms. The second kappa shape index (κ2) is 4.24. The largest absolute Gasteiger partial charge is 0.241 e. The van der Waals surface area contributed by atoms with Gasteiger partial charge in [-0.1, -0.05) is 34.5 Å². The van der Waals surface area contributed by atoms with Gasteiger partial charge in [0.25, 0.3) is 0 Å². The molecule has 0 aliphatic rings. The first-order valence-electron chi connectivity index (χ1n) is 3.83. The zero-order chi connectivity index (χ0) is 9.14. The molecule has 1 nitrogen and oxygen atoms in total. The van der Waals surface area contributed by atoms with Crippen LogP contribution in [0.25, 0.3) is 0 Å². The molecule has 12 heavy (non-hydrogen) atoms. The number of pyridine rings is 1. The molecule has 0 spiro atoms. The predicted molar refractivity (Wildman–Crippen MR) is 56.2 cm³/mol. The van der Waals surface area contributed by atoms with Gasteiger partial charge in [-0.15, -0.1) is 0 Å². The Hall–Kier alpha value is -0.0800. The quantitative estimate of drug-likeness (QED) is 0.576. The number of hydrogen-bond acceptors (Lipinski definition) is 1. The molecule has 1 rings (SSSR count). The van der Waals surface area contributed by atoms with E-state index in [1.54, 1.807) is 0 Å². The molecule has 0 fully saturated rings. The maximum Gasteiger partial charge on any atom is 0.129 e. The van der Waals surface area contributed by atoms with Gasteiger partial charge in [0.1, 0.15) is 5.15 Å². The third-order valence-corrected chi connectivity index (χ3v) is 2.91. The third-order valence-electron chi connectivity index (χ3n) is 1.74. The van der Waals surface area contributed by atoms with Gasteiger partial charge in [-0.2, -0.15) is 0 Å². The van der Waals surface area contributed by atoms with Crippen LogP contribution in [0.1, 0.15) is 24.1 Å². The van der Waals surface area contributed by atoms with E-state index in [0.29, 0.717) is 11.1 Å². The van der Waals surface area contributed by atoms with Gasteiger partial charge in [-0.05, 0) is 30.5 Å². The molecular weight excluding hydrogens is 237 g/mol. The maximum absolute atomic E-state index is 5.82. The van der Waals surface area contributed by atoms with Crippen molar-refractivity contribution in [1.29, 1.82) is 0 Å². The molecule has 0 bridgehead atoms. The van der Waals surface area contributed by atoms with E-state index in [1.165, 1.54) is 5.56 Å². The first-order valence-corrected chi connectivity index (χ1v) is 5.33. The first kappa shape index (κ1) is 10.0. The average molecular weight is 249 g/mol. The second-order valence-electron chi connectivity index (χ2n) is 2.92. The van der Waals surface area contributed by atoms with Gasteiger partial charge >= 0.3 is 0 Å². The summed E-state index contributed by atoms with van der Waals surface area (Å²) >= 11 is 9.26. The van der Waals surface area contributed by atoms with Crippen LogP contribution in [0.5, 0.6) is 0 Å². The lowest BCUT2D eigenvalue weighted by Gasteiger charge is -2.08. The summed E-state index contributed by atoms with van der Waals surface area (Å²) in [6, 6.07) is 3.98. The molecule has 1 aromatic heterocycles. The summed E-state index contributed by atoms with van der Waals surface area (Å²) in [5.74, 6) is 0.490. The highest BCUT2D eigenvalue weighted by Gasteiger charge is 2.05. The van der Waals surface area contributed by atoms with Gasteiger partial charge in [-0.25, -0.2) is 4.98 Å². The third kappa shape index (κ3) is 2.46. The van der Waals surface area contributed by atoms with Crippen molar-refractivity contribution in [1.82, 2.24) is 4.98 Å². The number of rotatable bonds is 2. The molecule has 0 aromatic carbocycles. The monoisotopic (exact) mass is 247 g/mol. The van der Waals surface area contributed by atoms with Gasteiger partial charge < -0.3 is 0 Å². The summed E-state index contributed by atoms with van der Waals surface area (Å²) in [4.78, 5) is 4.10. The first-order chi connectivity index (χ1) is 5.63. The molecular formula is C9H11BrClN. The Bertz CT molecular complexity index is 255. The number of aryl methyl sites for hydroxylation is 1. The van der Waals surface area contributed by atoms with Crippen LogP contribution in [0.15, 0.2) is 12.1 Å². The predicted octanol–water partition coefficient (Wildman–Crippen LogP) is 3.54. The van der Waals surface area contributed by atoms with Crippen LogP contribution in [0, 0.1) is 6.92 Å². The van der Waals surface area contributed by atoms with Gasteiger partial charge in [0.05, 0.1) is 0 Å². The average Bonchev–Trinajstić information content (AvgIpc) is 2.01. The molecule has 0 saturated carbocycles. The summed E-state index contributed by atoms with van der Waals surface area (Å²) in [7, 11) is 0. The number of halogens is 2. The minimum Gasteiger partial charge on any atom is -0.241 e. The molecule has 0 saturated heterocycles. The SMILES string of the molecule is Cc1cc(C(C)CBr)cc(Cl)n1. The molecule has 0 aliphatic carbocycles. The van der Waals surface area contributed by atoms with Crippen molar-refractivity contribution in [2.75, 3.05) is 5.33 Å². The fourth-order valence-corrected chi connectivity index (χ4v) is 1.66. The van der Waals surface area contributed by atoms with E-state index in [9.17, 15) is 0 Å². The van der Waals surface area contributed by atoms with Crippen LogP contribution < -0.4 is 0 Å². The molecule has 1 unspecified atom stereocenters. The second-order valence-corrected chi connectivity index (χ2v) is 3.95. The van der Waals surface area contributed by atoms with Crippen LogP contribution in [0.3, 0.4) is 0 Å². The zero-order valence-corrected chi connectivity index (χ0v) is 9.48. The van der Waals surface area contributed by atoms with Crippen molar-refractivity contribution in [3.63, 3.8) is 0 Å². The Kier molecular flexibility index (Phi) is 3.53. The van der Waals surface area contributed by atoms with E-state index >= 15 is 0 Å². The highest BCUT2D eigenvalue weighted by molar-refractivity contribution is 9.09. The minimum atomic E-state index is 0.490. The van der Waals surface area contributed by atoms with E-state index in [0.717, 1.165) is 11.0 Å². The lowest BCUT2D eigenvalue weighted by molar-refractivity contribution is 0.879. The van der Waals surface area contributed by atoms with Gasteiger partial charge in [0.15, 0.2) is 0 Å². The van der Waals surface area contributed by atoms with E-state index in [4.69, 9.17) is 11.6 Å². The van der Waals surface area contributed by atoms with E-state index in [1.807, 2.05) is 13.0 Å². The standard InChI is InChI=1S/C9H11BrClN/c1-6(5-10)8-3-7(2)12-9(11)4-8/h3-4,6H,5H2,1-2H3. The lowest BCUT2D eigenvalue weighted by Crippen LogP contribution is -1.96. The normalized spacial score (nSPS) is 13.0. The van der Waals surface area contributed by atoms with Crippen LogP contribution in [0.2, 0.25) is 5.15 Å². The van der Waals surface area contributed by atoms with Crippen LogP contribution in [-0.2, 0) is 0 Å². The molecule has 66 valence electrons. The Morgan fingerprint density at radius 2 is 2.25 bits per heavy atom. The van der Waals surface area contributed by atoms with E-state index in [-0.39, 0.29) is 0 Å². The van der Waals surface area contributed by atoms with Crippen LogP contribution in [-0.4, -0.2) is 10.3 Å². The van der Waals surface area contributed by atoms with Gasteiger partial charge in [0, 0.05) is 11.0 Å². The number of aromatic nitrogens is 1. The molecule has 0 amide bonds. The van der Waals surface area contributed by atoms with Crippen molar-refractivity contribution in [3.8, 4) is 0 Å². The molecule has 1 atom stereocenters. The Balaban J connectivity index is 3.00. The molecule has 0 radical (unpaired) electrons. The highest BCUT2D eigenvalue weighted by Crippen LogP contribution is 2.20. The topological polar surface area (TPSA) is 12.9 Å². The van der Waals surface area contributed by atoms with Crippen molar-refractivity contribution >= 4 is 27.5 Å². The van der Waals surface area contributed by atoms with Crippen molar-refractivity contribution in [3.05, 3.63) is 28.5 Å². The summed E-state index contributed by atoms with van der Waals surface area (Å²) in [6.45, 7) is 4.11. The maximum atomic E-state index is 5.82. The fraction of sp³-hybridized carbons (Fsp3) is 0.444. The van der Waals surface area contributed by atoms with Crippen molar-refractivity contribution in [2.45, 2.75) is 19.8 Å². The van der Waals surface area contributed by atoms with E-state index < -0.39 is 0 Å². The Morgan fingerprint density at radius 3 is 2.75 bits per heavy atom. The summed E-state index contributed by atoms with van der Waals surface area (Å²) in [5.41, 5.74) is 2.22. The number of hydrogen-bond donors (Lipinski definition) is 0. The smallest absolute Gasteiger partial charge is 0.129 e. The summed E-state index contributed by atoms with van der Waals surface area (Å²) < 4.78 is 0. The molecule has 0 aliphatic heterocycles. The minimum absolute atomic E-state index is 0.490. The molecule has 1 aromatic rings. The zero-order valence-electron chi connectivity index (χ0n) is 7.14. The van der Waals surface area contributed by atoms with Crippen LogP contribution in [0.4, 0.5) is 0 Å². The molecule has 1 heterocycles. The van der Waals surface area contributed by atoms with Crippen LogP contribution >= 0.6 is 27.5 Å². The van der Waals surface area contributed by atoms with Gasteiger partial charge in [0.2, 0.25) is 0 Å². The highest BCUT2D eigenvalue weighted by atomic mass is 79.9. The Morgan fingerprint density at radius 1 is 1.58 bits per heavy atom. The fourth-order valence-electron chi connectivity index (χ4n) is 1.03.